The number of nitro groups is 2. The van der Waals surface area contributed by atoms with Crippen LogP contribution in [0.3, 0.4) is 0 Å². The minimum Gasteiger partial charge on any atom is -0.378 e. The molecule has 0 heterocycles. The number of rotatable bonds is 15. The summed E-state index contributed by atoms with van der Waals surface area (Å²) < 4.78 is 10.7. The summed E-state index contributed by atoms with van der Waals surface area (Å²) in [5.74, 6) is 0. The van der Waals surface area contributed by atoms with Gasteiger partial charge in [0.1, 0.15) is 0 Å². The van der Waals surface area contributed by atoms with Crippen LogP contribution in [0.2, 0.25) is 0 Å². The molecular weight excluding hydrogens is 320 g/mol. The van der Waals surface area contributed by atoms with Crippen LogP contribution in [0.5, 0.6) is 0 Å². The molecule has 0 fully saturated rings. The number of nitrogens with zero attached hydrogens (tertiary/aromatic N) is 2. The second-order valence-corrected chi connectivity index (χ2v) is 6.72. The normalized spacial score (nSPS) is 12.3. The van der Waals surface area contributed by atoms with Crippen molar-refractivity contribution in [1.29, 1.82) is 0 Å². The van der Waals surface area contributed by atoms with E-state index in [1.165, 1.54) is 0 Å². The Hall–Kier alpha value is -1.36. The maximum absolute atomic E-state index is 10.7. The van der Waals surface area contributed by atoms with Gasteiger partial charge in [0, 0.05) is 50.6 Å². The zero-order valence-corrected chi connectivity index (χ0v) is 15.0. The van der Waals surface area contributed by atoms with Crippen LogP contribution in [-0.4, -0.2) is 73.5 Å². The van der Waals surface area contributed by atoms with Gasteiger partial charge < -0.3 is 20.1 Å². The summed E-state index contributed by atoms with van der Waals surface area (Å²) in [6, 6.07) is 0. The van der Waals surface area contributed by atoms with E-state index in [0.29, 0.717) is 39.5 Å². The zero-order chi connectivity index (χ0) is 18.6. The lowest BCUT2D eigenvalue weighted by Crippen LogP contribution is -2.43. The summed E-state index contributed by atoms with van der Waals surface area (Å²) in [6.45, 7) is 9.66. The van der Waals surface area contributed by atoms with Gasteiger partial charge in [0.25, 0.3) is 0 Å². The predicted molar refractivity (Wildman–Crippen MR) is 89.5 cm³/mol. The Morgan fingerprint density at radius 1 is 0.750 bits per heavy atom. The summed E-state index contributed by atoms with van der Waals surface area (Å²) in [5, 5.41) is 27.4. The van der Waals surface area contributed by atoms with Crippen molar-refractivity contribution < 1.29 is 19.3 Å². The van der Waals surface area contributed by atoms with Crippen LogP contribution in [0, 0.1) is 20.2 Å². The summed E-state index contributed by atoms with van der Waals surface area (Å²) in [6.07, 6.45) is 0. The fourth-order valence-corrected chi connectivity index (χ4v) is 1.53. The molecule has 10 nitrogen and oxygen atoms in total. The molecule has 0 aliphatic heterocycles. The zero-order valence-electron chi connectivity index (χ0n) is 15.0. The van der Waals surface area contributed by atoms with Crippen molar-refractivity contribution in [2.75, 3.05) is 52.6 Å². The average Bonchev–Trinajstić information content (AvgIpc) is 2.47. The molecule has 0 bridgehead atoms. The fourth-order valence-electron chi connectivity index (χ4n) is 1.53. The molecule has 0 aromatic carbocycles. The lowest BCUT2D eigenvalue weighted by Gasteiger charge is -2.16. The maximum Gasteiger partial charge on any atom is 0.229 e. The molecule has 0 saturated heterocycles. The highest BCUT2D eigenvalue weighted by Gasteiger charge is 2.30. The Bertz CT molecular complexity index is 353. The molecule has 10 heteroatoms. The number of nitrogens with one attached hydrogen (secondary N) is 2. The third-order valence-corrected chi connectivity index (χ3v) is 3.32. The van der Waals surface area contributed by atoms with Crippen molar-refractivity contribution in [2.45, 2.75) is 38.8 Å². The molecule has 0 aromatic heterocycles. The Balaban J connectivity index is 3.38. The van der Waals surface area contributed by atoms with E-state index in [1.54, 1.807) is 27.7 Å². The van der Waals surface area contributed by atoms with Gasteiger partial charge in [-0.25, -0.2) is 0 Å². The quantitative estimate of drug-likeness (QED) is 0.245. The van der Waals surface area contributed by atoms with E-state index < -0.39 is 11.1 Å². The molecule has 2 N–H and O–H groups in total. The first-order valence-electron chi connectivity index (χ1n) is 7.95. The molecule has 0 spiro atoms. The summed E-state index contributed by atoms with van der Waals surface area (Å²) in [5.41, 5.74) is -1.97. The van der Waals surface area contributed by atoms with Crippen molar-refractivity contribution in [3.8, 4) is 0 Å². The van der Waals surface area contributed by atoms with Crippen LogP contribution in [0.15, 0.2) is 0 Å². The van der Waals surface area contributed by atoms with Crippen LogP contribution in [0.4, 0.5) is 0 Å². The topological polar surface area (TPSA) is 129 Å². The molecule has 0 aliphatic rings. The third-order valence-electron chi connectivity index (χ3n) is 3.32. The van der Waals surface area contributed by atoms with E-state index in [2.05, 4.69) is 10.6 Å². The van der Waals surface area contributed by atoms with Gasteiger partial charge in [-0.3, -0.25) is 20.2 Å². The second kappa shape index (κ2) is 11.2. The van der Waals surface area contributed by atoms with Gasteiger partial charge in [-0.2, -0.15) is 0 Å². The molecule has 0 radical (unpaired) electrons. The average molecular weight is 350 g/mol. The van der Waals surface area contributed by atoms with Crippen LogP contribution >= 0.6 is 0 Å². The van der Waals surface area contributed by atoms with Crippen LogP contribution in [-0.2, 0) is 9.47 Å². The highest BCUT2D eigenvalue weighted by atomic mass is 16.6. The number of hydrogen-bond acceptors (Lipinski definition) is 8. The van der Waals surface area contributed by atoms with Crippen molar-refractivity contribution in [2.24, 2.45) is 0 Å². The van der Waals surface area contributed by atoms with Gasteiger partial charge in [-0.1, -0.05) is 0 Å². The highest BCUT2D eigenvalue weighted by Crippen LogP contribution is 2.05. The van der Waals surface area contributed by atoms with Gasteiger partial charge in [0.2, 0.25) is 11.1 Å². The molecule has 0 amide bonds. The Kier molecular flexibility index (Phi) is 10.6. The summed E-state index contributed by atoms with van der Waals surface area (Å²) >= 11 is 0. The first-order valence-corrected chi connectivity index (χ1v) is 7.95. The van der Waals surface area contributed by atoms with E-state index in [9.17, 15) is 20.2 Å². The lowest BCUT2D eigenvalue weighted by atomic mass is 10.1. The van der Waals surface area contributed by atoms with E-state index in [-0.39, 0.29) is 22.9 Å². The Labute approximate surface area is 142 Å². The predicted octanol–water partition coefficient (Wildman–Crippen LogP) is 0.309. The number of ether oxygens (including phenoxy) is 2. The Morgan fingerprint density at radius 2 is 1.08 bits per heavy atom. The van der Waals surface area contributed by atoms with Gasteiger partial charge in [0.05, 0.1) is 39.5 Å². The van der Waals surface area contributed by atoms with Crippen molar-refractivity contribution in [3.63, 3.8) is 0 Å². The summed E-state index contributed by atoms with van der Waals surface area (Å²) in [7, 11) is 0. The minimum atomic E-state index is -0.986. The molecule has 0 aromatic rings. The Morgan fingerprint density at radius 3 is 1.38 bits per heavy atom. The molecule has 0 aliphatic carbocycles. The van der Waals surface area contributed by atoms with E-state index >= 15 is 0 Å². The smallest absolute Gasteiger partial charge is 0.229 e. The first-order chi connectivity index (χ1) is 11.1. The molecule has 0 unspecified atom stereocenters. The van der Waals surface area contributed by atoms with Crippen molar-refractivity contribution >= 4 is 0 Å². The molecule has 0 rings (SSSR count). The lowest BCUT2D eigenvalue weighted by molar-refractivity contribution is -0.558. The standard InChI is InChI=1S/C14H30N4O6/c1-13(2,17(19)20)11-15-5-7-23-9-10-24-8-6-16-12-14(3,4)18(21)22/h15-16H,5-12H2,1-4H3. The van der Waals surface area contributed by atoms with E-state index in [4.69, 9.17) is 9.47 Å². The minimum absolute atomic E-state index is 0.284. The summed E-state index contributed by atoms with van der Waals surface area (Å²) in [4.78, 5) is 20.8. The second-order valence-electron chi connectivity index (χ2n) is 6.72. The first kappa shape index (κ1) is 22.6. The van der Waals surface area contributed by atoms with Crippen molar-refractivity contribution in [1.82, 2.24) is 10.6 Å². The van der Waals surface area contributed by atoms with Gasteiger partial charge in [-0.05, 0) is 0 Å². The molecule has 142 valence electrons. The van der Waals surface area contributed by atoms with Crippen LogP contribution in [0.25, 0.3) is 0 Å². The third kappa shape index (κ3) is 10.4. The molecule has 0 saturated carbocycles. The van der Waals surface area contributed by atoms with Crippen molar-refractivity contribution in [3.05, 3.63) is 20.2 Å². The largest absolute Gasteiger partial charge is 0.378 e. The fraction of sp³-hybridized carbons (Fsp3) is 1.00. The van der Waals surface area contributed by atoms with Crippen LogP contribution < -0.4 is 10.6 Å². The van der Waals surface area contributed by atoms with Gasteiger partial charge >= 0.3 is 0 Å². The monoisotopic (exact) mass is 350 g/mol. The molecular formula is C14H30N4O6. The van der Waals surface area contributed by atoms with Crippen LogP contribution in [0.1, 0.15) is 27.7 Å². The highest BCUT2D eigenvalue weighted by molar-refractivity contribution is 4.70. The van der Waals surface area contributed by atoms with E-state index in [0.717, 1.165) is 0 Å². The van der Waals surface area contributed by atoms with Gasteiger partial charge in [-0.15, -0.1) is 0 Å². The molecule has 0 atom stereocenters. The van der Waals surface area contributed by atoms with E-state index in [1.807, 2.05) is 0 Å². The number of hydrogen-bond donors (Lipinski definition) is 2. The maximum atomic E-state index is 10.7. The SMILES string of the molecule is CC(C)(CNCCOCCOCCNCC(C)(C)[N+](=O)[O-])[N+](=O)[O-]. The molecule has 24 heavy (non-hydrogen) atoms. The van der Waals surface area contributed by atoms with Gasteiger partial charge in [0.15, 0.2) is 0 Å².